The predicted molar refractivity (Wildman–Crippen MR) is 46.6 cm³/mol. The fourth-order valence-electron chi connectivity index (χ4n) is 0.953. The minimum Gasteiger partial charge on any atom is -0.478 e. The van der Waals surface area contributed by atoms with Gasteiger partial charge in [0, 0.05) is 0 Å². The van der Waals surface area contributed by atoms with E-state index in [0.29, 0.717) is 0 Å². The first-order valence-electron chi connectivity index (χ1n) is 3.60. The highest BCUT2D eigenvalue weighted by atomic mass is 19.1. The van der Waals surface area contributed by atoms with Crippen molar-refractivity contribution in [2.24, 2.45) is 5.73 Å². The van der Waals surface area contributed by atoms with Gasteiger partial charge in [-0.2, -0.15) is 0 Å². The summed E-state index contributed by atoms with van der Waals surface area (Å²) < 4.78 is 13.0. The molecular formula is C8H7FN2O3. The number of carboxylic acid groups (broad SMARTS) is 1. The summed E-state index contributed by atoms with van der Waals surface area (Å²) in [5, 5.41) is 10.6. The number of anilines is 1. The molecule has 0 aliphatic heterocycles. The van der Waals surface area contributed by atoms with Crippen LogP contribution in [0, 0.1) is 5.82 Å². The maximum atomic E-state index is 13.0. The Kier molecular flexibility index (Phi) is 2.66. The molecule has 0 atom stereocenters. The Bertz CT molecular complexity index is 392. The third-order valence-corrected chi connectivity index (χ3v) is 1.49. The van der Waals surface area contributed by atoms with Gasteiger partial charge in [-0.25, -0.2) is 14.0 Å². The van der Waals surface area contributed by atoms with E-state index in [-0.39, 0.29) is 5.56 Å². The van der Waals surface area contributed by atoms with Crippen LogP contribution in [0.1, 0.15) is 10.4 Å². The average molecular weight is 198 g/mol. The summed E-state index contributed by atoms with van der Waals surface area (Å²) in [6.45, 7) is 0. The SMILES string of the molecule is NC(=O)Nc1c(F)cccc1C(=O)O. The van der Waals surface area contributed by atoms with E-state index in [1.54, 1.807) is 0 Å². The molecule has 2 amide bonds. The highest BCUT2D eigenvalue weighted by Gasteiger charge is 2.14. The highest BCUT2D eigenvalue weighted by Crippen LogP contribution is 2.19. The van der Waals surface area contributed by atoms with Crippen LogP contribution in [-0.4, -0.2) is 17.1 Å². The van der Waals surface area contributed by atoms with Crippen LogP contribution in [0.5, 0.6) is 0 Å². The van der Waals surface area contributed by atoms with Gasteiger partial charge in [-0.1, -0.05) is 6.07 Å². The topological polar surface area (TPSA) is 92.4 Å². The van der Waals surface area contributed by atoms with E-state index in [2.05, 4.69) is 0 Å². The fourth-order valence-corrected chi connectivity index (χ4v) is 0.953. The van der Waals surface area contributed by atoms with Gasteiger partial charge in [0.25, 0.3) is 0 Å². The molecule has 0 spiro atoms. The van der Waals surface area contributed by atoms with Gasteiger partial charge < -0.3 is 16.2 Å². The molecule has 74 valence electrons. The van der Waals surface area contributed by atoms with Crippen LogP contribution in [0.2, 0.25) is 0 Å². The van der Waals surface area contributed by atoms with Crippen molar-refractivity contribution in [3.8, 4) is 0 Å². The Morgan fingerprint density at radius 2 is 2.07 bits per heavy atom. The van der Waals surface area contributed by atoms with Gasteiger partial charge in [0.1, 0.15) is 5.82 Å². The number of halogens is 1. The lowest BCUT2D eigenvalue weighted by atomic mass is 10.1. The maximum absolute atomic E-state index is 13.0. The van der Waals surface area contributed by atoms with E-state index in [4.69, 9.17) is 10.8 Å². The third-order valence-electron chi connectivity index (χ3n) is 1.49. The molecule has 0 aromatic heterocycles. The van der Waals surface area contributed by atoms with Crippen LogP contribution in [-0.2, 0) is 0 Å². The number of benzene rings is 1. The van der Waals surface area contributed by atoms with Crippen LogP contribution in [0.4, 0.5) is 14.9 Å². The molecule has 1 aromatic rings. The Labute approximate surface area is 78.3 Å². The predicted octanol–water partition coefficient (Wildman–Crippen LogP) is 1.01. The van der Waals surface area contributed by atoms with Crippen molar-refractivity contribution in [2.75, 3.05) is 5.32 Å². The van der Waals surface area contributed by atoms with E-state index in [1.165, 1.54) is 6.07 Å². The summed E-state index contributed by atoms with van der Waals surface area (Å²) in [6.07, 6.45) is 0. The van der Waals surface area contributed by atoms with Gasteiger partial charge in [0.05, 0.1) is 11.3 Å². The lowest BCUT2D eigenvalue weighted by molar-refractivity contribution is 0.0697. The van der Waals surface area contributed by atoms with Crippen molar-refractivity contribution >= 4 is 17.7 Å². The monoisotopic (exact) mass is 198 g/mol. The second-order valence-corrected chi connectivity index (χ2v) is 2.46. The van der Waals surface area contributed by atoms with Crippen molar-refractivity contribution in [1.82, 2.24) is 0 Å². The van der Waals surface area contributed by atoms with E-state index in [1.807, 2.05) is 5.32 Å². The average Bonchev–Trinajstić information content (AvgIpc) is 2.07. The number of aromatic carboxylic acids is 1. The van der Waals surface area contributed by atoms with Crippen LogP contribution in [0.15, 0.2) is 18.2 Å². The summed E-state index contributed by atoms with van der Waals surface area (Å²) >= 11 is 0. The Hall–Kier alpha value is -2.11. The van der Waals surface area contributed by atoms with Crippen molar-refractivity contribution in [1.29, 1.82) is 0 Å². The van der Waals surface area contributed by atoms with Gasteiger partial charge in [-0.3, -0.25) is 0 Å². The van der Waals surface area contributed by atoms with Gasteiger partial charge in [-0.05, 0) is 12.1 Å². The molecule has 1 rings (SSSR count). The van der Waals surface area contributed by atoms with Gasteiger partial charge in [-0.15, -0.1) is 0 Å². The molecule has 0 heterocycles. The summed E-state index contributed by atoms with van der Waals surface area (Å²) in [7, 11) is 0. The Morgan fingerprint density at radius 1 is 1.43 bits per heavy atom. The number of hydrogen-bond donors (Lipinski definition) is 3. The summed E-state index contributed by atoms with van der Waals surface area (Å²) in [5.74, 6) is -2.18. The molecule has 0 bridgehead atoms. The largest absolute Gasteiger partial charge is 0.478 e. The number of rotatable bonds is 2. The molecule has 0 saturated heterocycles. The second-order valence-electron chi connectivity index (χ2n) is 2.46. The van der Waals surface area contributed by atoms with Crippen molar-refractivity contribution in [3.05, 3.63) is 29.6 Å². The smallest absolute Gasteiger partial charge is 0.337 e. The van der Waals surface area contributed by atoms with Crippen LogP contribution in [0.3, 0.4) is 0 Å². The molecule has 6 heteroatoms. The van der Waals surface area contributed by atoms with E-state index < -0.39 is 23.5 Å². The van der Waals surface area contributed by atoms with E-state index in [0.717, 1.165) is 12.1 Å². The molecule has 1 aromatic carbocycles. The molecule has 0 radical (unpaired) electrons. The molecule has 0 aliphatic carbocycles. The number of nitrogens with one attached hydrogen (secondary N) is 1. The minimum atomic E-state index is -1.34. The standard InChI is InChI=1S/C8H7FN2O3/c9-5-3-1-2-4(7(12)13)6(5)11-8(10)14/h1-3H,(H,12,13)(H3,10,11,14). The summed E-state index contributed by atoms with van der Waals surface area (Å²) in [6, 6.07) is 2.40. The van der Waals surface area contributed by atoms with Gasteiger partial charge in [0.15, 0.2) is 0 Å². The molecule has 0 aliphatic rings. The zero-order valence-electron chi connectivity index (χ0n) is 6.95. The molecule has 0 unspecified atom stereocenters. The first-order chi connectivity index (χ1) is 6.52. The number of primary amides is 1. The second kappa shape index (κ2) is 3.73. The van der Waals surface area contributed by atoms with Crippen LogP contribution < -0.4 is 11.1 Å². The van der Waals surface area contributed by atoms with Crippen molar-refractivity contribution < 1.29 is 19.1 Å². The maximum Gasteiger partial charge on any atom is 0.337 e. The lowest BCUT2D eigenvalue weighted by Gasteiger charge is -2.06. The van der Waals surface area contributed by atoms with Gasteiger partial charge in [0.2, 0.25) is 0 Å². The quantitative estimate of drug-likeness (QED) is 0.662. The first kappa shape index (κ1) is 9.97. The first-order valence-corrected chi connectivity index (χ1v) is 3.60. The minimum absolute atomic E-state index is 0.344. The zero-order valence-corrected chi connectivity index (χ0v) is 6.95. The Balaban J connectivity index is 3.22. The number of para-hydroxylation sites is 1. The lowest BCUT2D eigenvalue weighted by Crippen LogP contribution is -2.21. The third kappa shape index (κ3) is 1.98. The fraction of sp³-hybridized carbons (Fsp3) is 0. The highest BCUT2D eigenvalue weighted by molar-refractivity contribution is 5.99. The molecule has 0 fully saturated rings. The molecule has 4 N–H and O–H groups in total. The Morgan fingerprint density at radius 3 is 2.57 bits per heavy atom. The molecule has 0 saturated carbocycles. The number of carbonyl (C=O) groups is 2. The number of carboxylic acids is 1. The van der Waals surface area contributed by atoms with Crippen molar-refractivity contribution in [2.45, 2.75) is 0 Å². The van der Waals surface area contributed by atoms with Crippen LogP contribution >= 0.6 is 0 Å². The molecular weight excluding hydrogens is 191 g/mol. The number of amides is 2. The van der Waals surface area contributed by atoms with E-state index in [9.17, 15) is 14.0 Å². The normalized spacial score (nSPS) is 9.50. The van der Waals surface area contributed by atoms with Gasteiger partial charge >= 0.3 is 12.0 Å². The number of hydrogen-bond acceptors (Lipinski definition) is 2. The number of urea groups is 1. The number of carbonyl (C=O) groups excluding carboxylic acids is 1. The summed E-state index contributed by atoms with van der Waals surface area (Å²) in [5.41, 5.74) is 3.99. The van der Waals surface area contributed by atoms with Crippen LogP contribution in [0.25, 0.3) is 0 Å². The zero-order chi connectivity index (χ0) is 10.7. The molecule has 14 heavy (non-hydrogen) atoms. The summed E-state index contributed by atoms with van der Waals surface area (Å²) in [4.78, 5) is 21.0. The molecule has 5 nitrogen and oxygen atoms in total. The number of nitrogens with two attached hydrogens (primary N) is 1. The van der Waals surface area contributed by atoms with E-state index >= 15 is 0 Å². The van der Waals surface area contributed by atoms with Crippen molar-refractivity contribution in [3.63, 3.8) is 0 Å².